The first kappa shape index (κ1) is 15.3. The van der Waals surface area contributed by atoms with Crippen molar-refractivity contribution < 1.29 is 9.53 Å². The Morgan fingerprint density at radius 3 is 2.69 bits per heavy atom. The molecule has 92 valence electrons. The van der Waals surface area contributed by atoms with E-state index < -0.39 is 0 Å². The highest BCUT2D eigenvalue weighted by Gasteiger charge is 2.15. The van der Waals surface area contributed by atoms with Crippen LogP contribution in [0.4, 0.5) is 0 Å². The van der Waals surface area contributed by atoms with Gasteiger partial charge < -0.3 is 4.74 Å². The van der Waals surface area contributed by atoms with Crippen LogP contribution >= 0.6 is 11.8 Å². The van der Waals surface area contributed by atoms with E-state index in [4.69, 9.17) is 10.00 Å². The third-order valence-electron chi connectivity index (χ3n) is 2.17. The predicted molar refractivity (Wildman–Crippen MR) is 67.2 cm³/mol. The Morgan fingerprint density at radius 1 is 1.44 bits per heavy atom. The molecular formula is C12H21NO2S. The van der Waals surface area contributed by atoms with Crippen molar-refractivity contribution in [1.29, 1.82) is 5.26 Å². The summed E-state index contributed by atoms with van der Waals surface area (Å²) in [5, 5.41) is 8.81. The maximum atomic E-state index is 11.0. The summed E-state index contributed by atoms with van der Waals surface area (Å²) in [6.45, 7) is 6.18. The molecule has 0 aliphatic carbocycles. The molecular weight excluding hydrogens is 222 g/mol. The zero-order chi connectivity index (χ0) is 12.4. The van der Waals surface area contributed by atoms with Gasteiger partial charge in [0.2, 0.25) is 0 Å². The Hall–Kier alpha value is -0.690. The second-order valence-corrected chi connectivity index (χ2v) is 5.42. The van der Waals surface area contributed by atoms with E-state index in [0.717, 1.165) is 25.0 Å². The normalized spacial score (nSPS) is 10.9. The number of unbranched alkanes of at least 4 members (excludes halogenated alkanes) is 1. The van der Waals surface area contributed by atoms with Crippen molar-refractivity contribution in [2.75, 3.05) is 18.1 Å². The lowest BCUT2D eigenvalue weighted by atomic mass is 9.89. The van der Waals surface area contributed by atoms with Crippen LogP contribution < -0.4 is 0 Å². The lowest BCUT2D eigenvalue weighted by Gasteiger charge is -2.13. The summed E-state index contributed by atoms with van der Waals surface area (Å²) in [4.78, 5) is 11.0. The van der Waals surface area contributed by atoms with Gasteiger partial charge in [0.25, 0.3) is 0 Å². The number of nitriles is 1. The molecule has 3 nitrogen and oxygen atoms in total. The summed E-state index contributed by atoms with van der Waals surface area (Å²) in [7, 11) is 0. The topological polar surface area (TPSA) is 50.1 Å². The number of carbonyl (C=O) groups excluding carboxylic acids is 1. The first-order valence-corrected chi connectivity index (χ1v) is 6.82. The molecule has 0 aromatic carbocycles. The van der Waals surface area contributed by atoms with Crippen LogP contribution in [-0.4, -0.2) is 24.1 Å². The van der Waals surface area contributed by atoms with Gasteiger partial charge in [-0.1, -0.05) is 6.42 Å². The number of thioether (sulfide) groups is 1. The minimum absolute atomic E-state index is 0.134. The van der Waals surface area contributed by atoms with Gasteiger partial charge in [-0.2, -0.15) is 17.0 Å². The molecule has 0 radical (unpaired) electrons. The molecule has 0 saturated heterocycles. The third-order valence-corrected chi connectivity index (χ3v) is 3.19. The van der Waals surface area contributed by atoms with Crippen LogP contribution in [-0.2, 0) is 9.53 Å². The Balaban J connectivity index is 3.35. The van der Waals surface area contributed by atoms with Gasteiger partial charge in [-0.05, 0) is 39.4 Å². The lowest BCUT2D eigenvalue weighted by Crippen LogP contribution is -2.08. The summed E-state index contributed by atoms with van der Waals surface area (Å²) in [6, 6.07) is 2.29. The van der Waals surface area contributed by atoms with Crippen molar-refractivity contribution >= 4 is 17.7 Å². The molecule has 0 aromatic rings. The second kappa shape index (κ2) is 8.46. The van der Waals surface area contributed by atoms with Crippen LogP contribution in [0.25, 0.3) is 0 Å². The van der Waals surface area contributed by atoms with Crippen molar-refractivity contribution in [3.8, 4) is 6.07 Å². The van der Waals surface area contributed by atoms with E-state index in [9.17, 15) is 4.79 Å². The average molecular weight is 243 g/mol. The fraction of sp³-hybridized carbons (Fsp3) is 0.833. The molecule has 0 bridgehead atoms. The predicted octanol–water partition coefficient (Wildman–Crippen LogP) is 3.00. The number of esters is 1. The maximum Gasteiger partial charge on any atom is 0.315 e. The Labute approximate surface area is 103 Å². The molecule has 0 unspecified atom stereocenters. The zero-order valence-corrected chi connectivity index (χ0v) is 11.2. The van der Waals surface area contributed by atoms with Gasteiger partial charge in [0.15, 0.2) is 0 Å². The first-order chi connectivity index (χ1) is 7.52. The summed E-state index contributed by atoms with van der Waals surface area (Å²) < 4.78 is 4.82. The molecule has 16 heavy (non-hydrogen) atoms. The van der Waals surface area contributed by atoms with E-state index in [1.165, 1.54) is 0 Å². The molecule has 0 N–H and O–H groups in total. The lowest BCUT2D eigenvalue weighted by molar-refractivity contribution is -0.139. The molecule has 4 heteroatoms. The Bertz CT molecular complexity index is 246. The van der Waals surface area contributed by atoms with E-state index in [1.807, 2.05) is 20.8 Å². The number of rotatable bonds is 8. The van der Waals surface area contributed by atoms with Gasteiger partial charge in [-0.15, -0.1) is 0 Å². The van der Waals surface area contributed by atoms with Crippen LogP contribution in [0.2, 0.25) is 0 Å². The third kappa shape index (κ3) is 8.60. The largest absolute Gasteiger partial charge is 0.465 e. The van der Waals surface area contributed by atoms with Crippen LogP contribution in [0, 0.1) is 16.7 Å². The summed E-state index contributed by atoms with van der Waals surface area (Å²) in [6.07, 6.45) is 3.01. The average Bonchev–Trinajstić information content (AvgIpc) is 2.23. The molecule has 0 aliphatic heterocycles. The van der Waals surface area contributed by atoms with Crippen molar-refractivity contribution in [2.45, 2.75) is 40.0 Å². The second-order valence-electron chi connectivity index (χ2n) is 4.31. The molecule has 0 aromatic heterocycles. The molecule has 0 saturated carbocycles. The van der Waals surface area contributed by atoms with Gasteiger partial charge in [0, 0.05) is 0 Å². The van der Waals surface area contributed by atoms with E-state index >= 15 is 0 Å². The molecule has 0 amide bonds. The van der Waals surface area contributed by atoms with E-state index in [-0.39, 0.29) is 11.4 Å². The fourth-order valence-electron chi connectivity index (χ4n) is 1.19. The zero-order valence-electron chi connectivity index (χ0n) is 10.4. The number of hydrogen-bond acceptors (Lipinski definition) is 4. The van der Waals surface area contributed by atoms with Crippen molar-refractivity contribution in [3.63, 3.8) is 0 Å². The van der Waals surface area contributed by atoms with E-state index in [1.54, 1.807) is 11.8 Å². The SMILES string of the molecule is CCOC(=O)CSCCCCC(C)(C)C#N. The maximum absolute atomic E-state index is 11.0. The van der Waals surface area contributed by atoms with E-state index in [0.29, 0.717) is 12.4 Å². The Kier molecular flexibility index (Phi) is 8.10. The van der Waals surface area contributed by atoms with Crippen LogP contribution in [0.15, 0.2) is 0 Å². The van der Waals surface area contributed by atoms with E-state index in [2.05, 4.69) is 6.07 Å². The highest BCUT2D eigenvalue weighted by molar-refractivity contribution is 7.99. The summed E-state index contributed by atoms with van der Waals surface area (Å²) >= 11 is 1.60. The molecule has 0 atom stereocenters. The number of hydrogen-bond donors (Lipinski definition) is 0. The quantitative estimate of drug-likeness (QED) is 0.486. The van der Waals surface area contributed by atoms with Crippen molar-refractivity contribution in [2.24, 2.45) is 5.41 Å². The highest BCUT2D eigenvalue weighted by atomic mass is 32.2. The number of carbonyl (C=O) groups is 1. The van der Waals surface area contributed by atoms with Crippen molar-refractivity contribution in [1.82, 2.24) is 0 Å². The molecule has 0 rings (SSSR count). The molecule has 0 heterocycles. The highest BCUT2D eigenvalue weighted by Crippen LogP contribution is 2.22. The number of nitrogens with zero attached hydrogens (tertiary/aromatic N) is 1. The van der Waals surface area contributed by atoms with Gasteiger partial charge >= 0.3 is 5.97 Å². The summed E-state index contributed by atoms with van der Waals surface area (Å²) in [5.74, 6) is 1.26. The first-order valence-electron chi connectivity index (χ1n) is 5.66. The molecule has 0 spiro atoms. The van der Waals surface area contributed by atoms with Crippen LogP contribution in [0.5, 0.6) is 0 Å². The summed E-state index contributed by atoms with van der Waals surface area (Å²) in [5.41, 5.74) is -0.216. The molecule has 0 fully saturated rings. The van der Waals surface area contributed by atoms with Gasteiger partial charge in [0.1, 0.15) is 0 Å². The minimum Gasteiger partial charge on any atom is -0.465 e. The number of ether oxygens (including phenoxy) is 1. The van der Waals surface area contributed by atoms with Gasteiger partial charge in [0.05, 0.1) is 23.8 Å². The van der Waals surface area contributed by atoms with Gasteiger partial charge in [-0.25, -0.2) is 0 Å². The Morgan fingerprint density at radius 2 is 2.12 bits per heavy atom. The molecule has 0 aliphatic rings. The fourth-order valence-corrected chi connectivity index (χ4v) is 1.99. The minimum atomic E-state index is -0.216. The van der Waals surface area contributed by atoms with Crippen LogP contribution in [0.3, 0.4) is 0 Å². The van der Waals surface area contributed by atoms with Crippen LogP contribution in [0.1, 0.15) is 40.0 Å². The monoisotopic (exact) mass is 243 g/mol. The smallest absolute Gasteiger partial charge is 0.315 e. The van der Waals surface area contributed by atoms with Gasteiger partial charge in [-0.3, -0.25) is 4.79 Å². The standard InChI is InChI=1S/C12H21NO2S/c1-4-15-11(14)9-16-8-6-5-7-12(2,3)10-13/h4-9H2,1-3H3. The van der Waals surface area contributed by atoms with Crippen molar-refractivity contribution in [3.05, 3.63) is 0 Å².